The zero-order valence-electron chi connectivity index (χ0n) is 15.0. The van der Waals surface area contributed by atoms with Crippen molar-refractivity contribution in [3.05, 3.63) is 0 Å². The van der Waals surface area contributed by atoms with Crippen molar-refractivity contribution in [3.63, 3.8) is 0 Å². The first kappa shape index (κ1) is 18.1. The van der Waals surface area contributed by atoms with Gasteiger partial charge in [0.1, 0.15) is 11.1 Å². The Morgan fingerprint density at radius 1 is 1.13 bits per heavy atom. The van der Waals surface area contributed by atoms with E-state index in [0.29, 0.717) is 25.3 Å². The number of likely N-dealkylation sites (tertiary alicyclic amines) is 1. The minimum absolute atomic E-state index is 0.286. The molecule has 1 unspecified atom stereocenters. The Bertz CT molecular complexity index is 437. The van der Waals surface area contributed by atoms with Crippen molar-refractivity contribution < 1.29 is 19.1 Å². The lowest BCUT2D eigenvalue weighted by Crippen LogP contribution is -2.55. The second-order valence-corrected chi connectivity index (χ2v) is 7.97. The molecule has 2 fully saturated rings. The number of methoxy groups -OCH3 is 1. The Labute approximate surface area is 139 Å². The van der Waals surface area contributed by atoms with Gasteiger partial charge in [0, 0.05) is 6.54 Å². The molecule has 23 heavy (non-hydrogen) atoms. The summed E-state index contributed by atoms with van der Waals surface area (Å²) in [6.07, 6.45) is 7.80. The second kappa shape index (κ2) is 7.10. The highest BCUT2D eigenvalue weighted by Gasteiger charge is 2.52. The van der Waals surface area contributed by atoms with E-state index in [1.807, 2.05) is 20.8 Å². The molecule has 5 heteroatoms. The van der Waals surface area contributed by atoms with Crippen LogP contribution in [-0.4, -0.2) is 41.8 Å². The van der Waals surface area contributed by atoms with Gasteiger partial charge in [0.25, 0.3) is 0 Å². The van der Waals surface area contributed by atoms with Crippen LogP contribution in [0.3, 0.4) is 0 Å². The van der Waals surface area contributed by atoms with Gasteiger partial charge < -0.3 is 9.47 Å². The summed E-state index contributed by atoms with van der Waals surface area (Å²) in [5, 5.41) is 0. The molecular weight excluding hydrogens is 294 g/mol. The summed E-state index contributed by atoms with van der Waals surface area (Å²) >= 11 is 0. The molecule has 1 aliphatic carbocycles. The van der Waals surface area contributed by atoms with E-state index in [2.05, 4.69) is 0 Å². The van der Waals surface area contributed by atoms with Crippen LogP contribution < -0.4 is 0 Å². The smallest absolute Gasteiger partial charge is 0.411 e. The second-order valence-electron chi connectivity index (χ2n) is 7.97. The van der Waals surface area contributed by atoms with Gasteiger partial charge in [0.2, 0.25) is 0 Å². The van der Waals surface area contributed by atoms with E-state index < -0.39 is 17.2 Å². The molecule has 0 aromatic heterocycles. The van der Waals surface area contributed by atoms with Crippen LogP contribution in [0.25, 0.3) is 0 Å². The van der Waals surface area contributed by atoms with Gasteiger partial charge in [-0.3, -0.25) is 4.90 Å². The predicted molar refractivity (Wildman–Crippen MR) is 88.1 cm³/mol. The predicted octanol–water partition coefficient (Wildman–Crippen LogP) is 3.90. The van der Waals surface area contributed by atoms with Crippen LogP contribution in [0.2, 0.25) is 0 Å². The molecule has 1 saturated heterocycles. The van der Waals surface area contributed by atoms with E-state index in [4.69, 9.17) is 9.47 Å². The summed E-state index contributed by atoms with van der Waals surface area (Å²) in [7, 11) is 1.41. The number of amides is 1. The highest BCUT2D eigenvalue weighted by atomic mass is 16.6. The fourth-order valence-electron chi connectivity index (χ4n) is 4.03. The third kappa shape index (κ3) is 4.18. The zero-order valence-corrected chi connectivity index (χ0v) is 15.0. The van der Waals surface area contributed by atoms with Crippen LogP contribution in [-0.2, 0) is 14.3 Å². The number of nitrogens with zero attached hydrogens (tertiary/aromatic N) is 1. The first-order valence-electron chi connectivity index (χ1n) is 8.87. The fraction of sp³-hybridized carbons (Fsp3) is 0.889. The molecule has 0 N–H and O–H groups in total. The average Bonchev–Trinajstić information content (AvgIpc) is 2.90. The quantitative estimate of drug-likeness (QED) is 0.739. The molecule has 1 atom stereocenters. The highest BCUT2D eigenvalue weighted by molar-refractivity contribution is 5.86. The van der Waals surface area contributed by atoms with E-state index in [9.17, 15) is 9.59 Å². The summed E-state index contributed by atoms with van der Waals surface area (Å²) < 4.78 is 10.6. The maximum atomic E-state index is 12.6. The maximum Gasteiger partial charge on any atom is 0.411 e. The number of hydrogen-bond acceptors (Lipinski definition) is 4. The fourth-order valence-corrected chi connectivity index (χ4v) is 4.03. The SMILES string of the molecule is COC(=O)C1(CC2CCCCC2)CCCN1C(=O)OC(C)(C)C. The van der Waals surface area contributed by atoms with Gasteiger partial charge in [0.15, 0.2) is 0 Å². The minimum atomic E-state index is -0.834. The van der Waals surface area contributed by atoms with E-state index in [1.165, 1.54) is 26.4 Å². The molecule has 0 aromatic rings. The van der Waals surface area contributed by atoms with E-state index in [0.717, 1.165) is 19.3 Å². The average molecular weight is 325 g/mol. The van der Waals surface area contributed by atoms with Gasteiger partial charge in [-0.2, -0.15) is 0 Å². The van der Waals surface area contributed by atoms with Crippen LogP contribution >= 0.6 is 0 Å². The van der Waals surface area contributed by atoms with E-state index in [-0.39, 0.29) is 5.97 Å². The van der Waals surface area contributed by atoms with Crippen molar-refractivity contribution in [2.45, 2.75) is 83.3 Å². The maximum absolute atomic E-state index is 12.6. The molecule has 1 aliphatic heterocycles. The monoisotopic (exact) mass is 325 g/mol. The van der Waals surface area contributed by atoms with Gasteiger partial charge in [-0.25, -0.2) is 9.59 Å². The van der Waals surface area contributed by atoms with Gasteiger partial charge >= 0.3 is 12.1 Å². The number of carbonyl (C=O) groups is 2. The van der Waals surface area contributed by atoms with Crippen molar-refractivity contribution in [2.75, 3.05) is 13.7 Å². The first-order valence-corrected chi connectivity index (χ1v) is 8.87. The standard InChI is InChI=1S/C18H31NO4/c1-17(2,3)23-16(21)19-12-8-11-18(19,15(20)22-4)13-14-9-6-5-7-10-14/h14H,5-13H2,1-4H3. The molecular formula is C18H31NO4. The van der Waals surface area contributed by atoms with Crippen LogP contribution in [0.1, 0.15) is 72.1 Å². The number of ether oxygens (including phenoxy) is 2. The molecule has 0 spiro atoms. The van der Waals surface area contributed by atoms with Crippen LogP contribution in [0.5, 0.6) is 0 Å². The lowest BCUT2D eigenvalue weighted by atomic mass is 9.78. The molecule has 132 valence electrons. The van der Waals surface area contributed by atoms with E-state index >= 15 is 0 Å². The van der Waals surface area contributed by atoms with Crippen molar-refractivity contribution in [1.29, 1.82) is 0 Å². The van der Waals surface area contributed by atoms with Crippen molar-refractivity contribution >= 4 is 12.1 Å². The largest absolute Gasteiger partial charge is 0.467 e. The number of carbonyl (C=O) groups excluding carboxylic acids is 2. The molecule has 0 radical (unpaired) electrons. The molecule has 2 aliphatic rings. The molecule has 0 aromatic carbocycles. The Balaban J connectivity index is 2.20. The highest BCUT2D eigenvalue weighted by Crippen LogP contribution is 2.41. The molecule has 1 heterocycles. The normalized spacial score (nSPS) is 26.2. The van der Waals surface area contributed by atoms with Crippen molar-refractivity contribution in [1.82, 2.24) is 4.90 Å². The lowest BCUT2D eigenvalue weighted by molar-refractivity contribution is -0.154. The molecule has 5 nitrogen and oxygen atoms in total. The first-order chi connectivity index (χ1) is 10.8. The molecule has 1 amide bonds. The van der Waals surface area contributed by atoms with Crippen LogP contribution in [0.15, 0.2) is 0 Å². The molecule has 2 rings (SSSR count). The number of rotatable bonds is 3. The summed E-state index contributed by atoms with van der Waals surface area (Å²) in [5.41, 5.74) is -1.40. The zero-order chi connectivity index (χ0) is 17.1. The summed E-state index contributed by atoms with van der Waals surface area (Å²) in [5.74, 6) is 0.206. The van der Waals surface area contributed by atoms with Gasteiger partial charge in [-0.15, -0.1) is 0 Å². The van der Waals surface area contributed by atoms with Crippen LogP contribution in [0, 0.1) is 5.92 Å². The molecule has 0 bridgehead atoms. The Morgan fingerprint density at radius 2 is 1.78 bits per heavy atom. The number of esters is 1. The number of hydrogen-bond donors (Lipinski definition) is 0. The van der Waals surface area contributed by atoms with Crippen molar-refractivity contribution in [2.24, 2.45) is 5.92 Å². The Hall–Kier alpha value is -1.26. The van der Waals surface area contributed by atoms with Crippen molar-refractivity contribution in [3.8, 4) is 0 Å². The van der Waals surface area contributed by atoms with Gasteiger partial charge in [0.05, 0.1) is 7.11 Å². The lowest BCUT2D eigenvalue weighted by Gasteiger charge is -2.39. The summed E-state index contributed by atoms with van der Waals surface area (Å²) in [6, 6.07) is 0. The Kier molecular flexibility index (Phi) is 5.58. The minimum Gasteiger partial charge on any atom is -0.467 e. The van der Waals surface area contributed by atoms with Gasteiger partial charge in [-0.05, 0) is 46.0 Å². The van der Waals surface area contributed by atoms with Crippen LogP contribution in [0.4, 0.5) is 4.79 Å². The summed E-state index contributed by atoms with van der Waals surface area (Å²) in [6.45, 7) is 6.11. The van der Waals surface area contributed by atoms with E-state index in [1.54, 1.807) is 4.90 Å². The third-order valence-electron chi connectivity index (χ3n) is 5.02. The summed E-state index contributed by atoms with van der Waals surface area (Å²) in [4.78, 5) is 26.9. The molecule has 1 saturated carbocycles. The topological polar surface area (TPSA) is 55.8 Å². The Morgan fingerprint density at radius 3 is 2.35 bits per heavy atom. The van der Waals surface area contributed by atoms with Gasteiger partial charge in [-0.1, -0.05) is 32.1 Å². The third-order valence-corrected chi connectivity index (χ3v) is 5.02.